The van der Waals surface area contributed by atoms with Crippen molar-refractivity contribution in [2.45, 2.75) is 19.4 Å². The van der Waals surface area contributed by atoms with E-state index in [-0.39, 0.29) is 12.0 Å². The van der Waals surface area contributed by atoms with Crippen molar-refractivity contribution in [2.75, 3.05) is 32.9 Å². The highest BCUT2D eigenvalue weighted by molar-refractivity contribution is 6.32. The summed E-state index contributed by atoms with van der Waals surface area (Å²) < 4.78 is 16.5. The van der Waals surface area contributed by atoms with Crippen molar-refractivity contribution in [3.8, 4) is 11.5 Å². The Morgan fingerprint density at radius 1 is 1.33 bits per heavy atom. The lowest BCUT2D eigenvalue weighted by atomic mass is 10.1. The average Bonchev–Trinajstić information content (AvgIpc) is 2.47. The molecule has 114 valence electrons. The van der Waals surface area contributed by atoms with Gasteiger partial charge in [-0.1, -0.05) is 11.6 Å². The summed E-state index contributed by atoms with van der Waals surface area (Å²) in [6.07, 6.45) is 0.398. The van der Waals surface area contributed by atoms with E-state index in [1.807, 2.05) is 17.9 Å². The van der Waals surface area contributed by atoms with Crippen LogP contribution in [-0.2, 0) is 16.0 Å². The first kappa shape index (κ1) is 14.5. The quantitative estimate of drug-likeness (QED) is 0.837. The molecule has 2 aliphatic rings. The van der Waals surface area contributed by atoms with Crippen LogP contribution in [0.1, 0.15) is 12.5 Å². The second-order valence-corrected chi connectivity index (χ2v) is 5.71. The van der Waals surface area contributed by atoms with Crippen molar-refractivity contribution in [2.24, 2.45) is 0 Å². The Balaban J connectivity index is 1.72. The highest BCUT2D eigenvalue weighted by Gasteiger charge is 2.23. The molecule has 2 aliphatic heterocycles. The number of hydrogen-bond acceptors (Lipinski definition) is 4. The van der Waals surface area contributed by atoms with Gasteiger partial charge in [-0.3, -0.25) is 4.79 Å². The molecular weight excluding hydrogens is 294 g/mol. The second kappa shape index (κ2) is 6.12. The van der Waals surface area contributed by atoms with Crippen LogP contribution in [0.15, 0.2) is 12.1 Å². The SMILES string of the molecule is CC1CN(C(=O)Cc2cc(Cl)c3c(c2)OCCO3)CCO1. The molecule has 0 aliphatic carbocycles. The summed E-state index contributed by atoms with van der Waals surface area (Å²) in [4.78, 5) is 14.2. The van der Waals surface area contributed by atoms with Crippen LogP contribution in [0.3, 0.4) is 0 Å². The first-order valence-electron chi connectivity index (χ1n) is 7.11. The highest BCUT2D eigenvalue weighted by Crippen LogP contribution is 2.38. The van der Waals surface area contributed by atoms with E-state index < -0.39 is 0 Å². The predicted molar refractivity (Wildman–Crippen MR) is 78.1 cm³/mol. The molecule has 1 unspecified atom stereocenters. The Morgan fingerprint density at radius 2 is 2.14 bits per heavy atom. The van der Waals surface area contributed by atoms with Crippen molar-refractivity contribution in [3.63, 3.8) is 0 Å². The summed E-state index contributed by atoms with van der Waals surface area (Å²) >= 11 is 6.19. The van der Waals surface area contributed by atoms with Crippen molar-refractivity contribution < 1.29 is 19.0 Å². The first-order chi connectivity index (χ1) is 10.1. The maximum absolute atomic E-state index is 12.3. The predicted octanol–water partition coefficient (Wildman–Crippen LogP) is 1.90. The molecule has 0 spiro atoms. The number of nitrogens with zero attached hydrogens (tertiary/aromatic N) is 1. The van der Waals surface area contributed by atoms with Crippen molar-refractivity contribution in [3.05, 3.63) is 22.7 Å². The molecule has 0 saturated carbocycles. The van der Waals surface area contributed by atoms with Crippen LogP contribution in [0, 0.1) is 0 Å². The number of carbonyl (C=O) groups is 1. The van der Waals surface area contributed by atoms with Gasteiger partial charge in [-0.15, -0.1) is 0 Å². The molecule has 1 amide bonds. The summed E-state index contributed by atoms with van der Waals surface area (Å²) in [5.74, 6) is 1.27. The van der Waals surface area contributed by atoms with Gasteiger partial charge in [0.15, 0.2) is 11.5 Å². The van der Waals surface area contributed by atoms with E-state index in [1.165, 1.54) is 0 Å². The molecule has 2 heterocycles. The number of carbonyl (C=O) groups excluding carboxylic acids is 1. The van der Waals surface area contributed by atoms with E-state index in [0.717, 1.165) is 5.56 Å². The van der Waals surface area contributed by atoms with Crippen LogP contribution in [0.2, 0.25) is 5.02 Å². The number of morpholine rings is 1. The van der Waals surface area contributed by atoms with Gasteiger partial charge in [-0.25, -0.2) is 0 Å². The number of fused-ring (bicyclic) bond motifs is 1. The molecular formula is C15H18ClNO4. The number of benzene rings is 1. The Labute approximate surface area is 128 Å². The van der Waals surface area contributed by atoms with Crippen molar-refractivity contribution in [1.82, 2.24) is 4.90 Å². The number of halogens is 1. The molecule has 21 heavy (non-hydrogen) atoms. The molecule has 1 fully saturated rings. The van der Waals surface area contributed by atoms with Crippen LogP contribution >= 0.6 is 11.6 Å². The Kier molecular flexibility index (Phi) is 4.22. The van der Waals surface area contributed by atoms with E-state index in [1.54, 1.807) is 6.07 Å². The molecule has 0 radical (unpaired) electrons. The number of ether oxygens (including phenoxy) is 3. The zero-order chi connectivity index (χ0) is 14.8. The Bertz CT molecular complexity index is 549. The average molecular weight is 312 g/mol. The number of rotatable bonds is 2. The first-order valence-corrected chi connectivity index (χ1v) is 7.48. The standard InChI is InChI=1S/C15H18ClNO4/c1-10-9-17(2-3-19-10)14(18)8-11-6-12(16)15-13(7-11)20-4-5-21-15/h6-7,10H,2-5,8-9H2,1H3. The Hall–Kier alpha value is -1.46. The van der Waals surface area contributed by atoms with Gasteiger partial charge >= 0.3 is 0 Å². The molecule has 1 saturated heterocycles. The smallest absolute Gasteiger partial charge is 0.227 e. The topological polar surface area (TPSA) is 48.0 Å². The summed E-state index contributed by atoms with van der Waals surface area (Å²) in [6, 6.07) is 3.61. The third-order valence-corrected chi connectivity index (χ3v) is 3.89. The molecule has 6 heteroatoms. The van der Waals surface area contributed by atoms with E-state index >= 15 is 0 Å². The second-order valence-electron chi connectivity index (χ2n) is 5.30. The minimum atomic E-state index is 0.0814. The maximum atomic E-state index is 12.3. The fourth-order valence-corrected chi connectivity index (χ4v) is 2.89. The third kappa shape index (κ3) is 3.24. The van der Waals surface area contributed by atoms with Gasteiger partial charge in [0.25, 0.3) is 0 Å². The zero-order valence-electron chi connectivity index (χ0n) is 11.9. The van der Waals surface area contributed by atoms with Crippen LogP contribution in [0.25, 0.3) is 0 Å². The fourth-order valence-electron chi connectivity index (χ4n) is 2.60. The normalized spacial score (nSPS) is 21.2. The Morgan fingerprint density at radius 3 is 2.95 bits per heavy atom. The fraction of sp³-hybridized carbons (Fsp3) is 0.533. The number of hydrogen-bond donors (Lipinski definition) is 0. The molecule has 1 atom stereocenters. The lowest BCUT2D eigenvalue weighted by Crippen LogP contribution is -2.45. The summed E-state index contributed by atoms with van der Waals surface area (Å²) in [5.41, 5.74) is 0.841. The summed E-state index contributed by atoms with van der Waals surface area (Å²) in [6.45, 7) is 4.84. The van der Waals surface area contributed by atoms with E-state index in [0.29, 0.717) is 55.9 Å². The molecule has 1 aromatic rings. The van der Waals surface area contributed by atoms with Crippen molar-refractivity contribution >= 4 is 17.5 Å². The third-order valence-electron chi connectivity index (χ3n) is 3.61. The maximum Gasteiger partial charge on any atom is 0.227 e. The van der Waals surface area contributed by atoms with E-state index in [2.05, 4.69) is 0 Å². The largest absolute Gasteiger partial charge is 0.486 e. The lowest BCUT2D eigenvalue weighted by molar-refractivity contribution is -0.137. The van der Waals surface area contributed by atoms with Gasteiger partial charge in [-0.2, -0.15) is 0 Å². The minimum Gasteiger partial charge on any atom is -0.486 e. The molecule has 0 aromatic heterocycles. The van der Waals surface area contributed by atoms with Crippen molar-refractivity contribution in [1.29, 1.82) is 0 Å². The van der Waals surface area contributed by atoms with E-state index in [9.17, 15) is 4.79 Å². The lowest BCUT2D eigenvalue weighted by Gasteiger charge is -2.31. The van der Waals surface area contributed by atoms with Gasteiger partial charge in [0, 0.05) is 13.1 Å². The van der Waals surface area contributed by atoms with Crippen LogP contribution in [-0.4, -0.2) is 49.8 Å². The molecule has 5 nitrogen and oxygen atoms in total. The molecule has 0 N–H and O–H groups in total. The monoisotopic (exact) mass is 311 g/mol. The van der Waals surface area contributed by atoms with Crippen LogP contribution in [0.5, 0.6) is 11.5 Å². The van der Waals surface area contributed by atoms with Gasteiger partial charge in [-0.05, 0) is 24.6 Å². The summed E-state index contributed by atoms with van der Waals surface area (Å²) in [5, 5.41) is 0.491. The molecule has 0 bridgehead atoms. The minimum absolute atomic E-state index is 0.0814. The molecule has 1 aromatic carbocycles. The van der Waals surface area contributed by atoms with Gasteiger partial charge in [0.1, 0.15) is 13.2 Å². The number of amides is 1. The van der Waals surface area contributed by atoms with Crippen LogP contribution in [0.4, 0.5) is 0 Å². The van der Waals surface area contributed by atoms with E-state index in [4.69, 9.17) is 25.8 Å². The summed E-state index contributed by atoms with van der Waals surface area (Å²) in [7, 11) is 0. The van der Waals surface area contributed by atoms with Crippen LogP contribution < -0.4 is 9.47 Å². The van der Waals surface area contributed by atoms with Gasteiger partial charge < -0.3 is 19.1 Å². The van der Waals surface area contributed by atoms with Gasteiger partial charge in [0.2, 0.25) is 5.91 Å². The molecule has 3 rings (SSSR count). The highest BCUT2D eigenvalue weighted by atomic mass is 35.5. The zero-order valence-corrected chi connectivity index (χ0v) is 12.7. The van der Waals surface area contributed by atoms with Gasteiger partial charge in [0.05, 0.1) is 24.2 Å².